The normalized spacial score (nSPS) is 26.0. The molecule has 0 spiro atoms. The zero-order chi connectivity index (χ0) is 19.0. The molecular weight excluding hydrogens is 371 g/mol. The molecule has 4 rings (SSSR count). The highest BCUT2D eigenvalue weighted by atomic mass is 32.2. The Balaban J connectivity index is 1.57. The van der Waals surface area contributed by atoms with Crippen molar-refractivity contribution in [2.24, 2.45) is 7.05 Å². The van der Waals surface area contributed by atoms with Crippen molar-refractivity contribution in [3.63, 3.8) is 0 Å². The monoisotopic (exact) mass is 394 g/mol. The second-order valence-electron chi connectivity index (χ2n) is 7.12. The number of ether oxygens (including phenoxy) is 1. The van der Waals surface area contributed by atoms with E-state index in [4.69, 9.17) is 4.74 Å². The van der Waals surface area contributed by atoms with E-state index in [-0.39, 0.29) is 36.9 Å². The molecule has 9 heteroatoms. The van der Waals surface area contributed by atoms with Crippen LogP contribution in [0.2, 0.25) is 0 Å². The SMILES string of the molecule is Cn1ccnc1CN1C[C@@H]2OCCS(=O)(=O)N(Cc3cccc(F)c3)[C@@H]2C1. The van der Waals surface area contributed by atoms with Crippen molar-refractivity contribution in [2.45, 2.75) is 25.2 Å². The number of hydrogen-bond acceptors (Lipinski definition) is 5. The summed E-state index contributed by atoms with van der Waals surface area (Å²) in [5, 5.41) is 0. The molecule has 0 aliphatic carbocycles. The fraction of sp³-hybridized carbons (Fsp3) is 0.500. The van der Waals surface area contributed by atoms with E-state index in [2.05, 4.69) is 9.88 Å². The number of aromatic nitrogens is 2. The molecule has 2 fully saturated rings. The molecule has 2 aromatic rings. The van der Waals surface area contributed by atoms with Gasteiger partial charge in [-0.2, -0.15) is 4.31 Å². The minimum absolute atomic E-state index is 0.0469. The third-order valence-electron chi connectivity index (χ3n) is 5.23. The Bertz CT molecular complexity index is 917. The summed E-state index contributed by atoms with van der Waals surface area (Å²) in [7, 11) is -1.54. The van der Waals surface area contributed by atoms with Gasteiger partial charge >= 0.3 is 0 Å². The van der Waals surface area contributed by atoms with Crippen LogP contribution < -0.4 is 0 Å². The van der Waals surface area contributed by atoms with Crippen LogP contribution in [0.25, 0.3) is 0 Å². The van der Waals surface area contributed by atoms with Crippen molar-refractivity contribution in [1.29, 1.82) is 0 Å². The second kappa shape index (κ2) is 7.31. The van der Waals surface area contributed by atoms with Gasteiger partial charge in [0.1, 0.15) is 11.6 Å². The van der Waals surface area contributed by atoms with Gasteiger partial charge in [0, 0.05) is 39.1 Å². The number of sulfonamides is 1. The highest BCUT2D eigenvalue weighted by Gasteiger charge is 2.44. The Morgan fingerprint density at radius 2 is 2.15 bits per heavy atom. The fourth-order valence-electron chi connectivity index (χ4n) is 3.81. The molecule has 0 saturated carbocycles. The average Bonchev–Trinajstić information content (AvgIpc) is 3.16. The number of likely N-dealkylation sites (tertiary alicyclic amines) is 1. The number of imidazole rings is 1. The molecule has 2 atom stereocenters. The van der Waals surface area contributed by atoms with Crippen molar-refractivity contribution in [3.05, 3.63) is 53.9 Å². The lowest BCUT2D eigenvalue weighted by Gasteiger charge is -2.28. The van der Waals surface area contributed by atoms with Crippen LogP contribution in [0.15, 0.2) is 36.7 Å². The van der Waals surface area contributed by atoms with Crippen LogP contribution in [-0.4, -0.2) is 64.8 Å². The zero-order valence-electron chi connectivity index (χ0n) is 15.2. The molecule has 2 aliphatic rings. The Kier molecular flexibility index (Phi) is 5.02. The first-order valence-corrected chi connectivity index (χ1v) is 10.6. The predicted molar refractivity (Wildman–Crippen MR) is 97.7 cm³/mol. The molecular formula is C18H23FN4O3S. The summed E-state index contributed by atoms with van der Waals surface area (Å²) in [5.41, 5.74) is 0.641. The number of halogens is 1. The van der Waals surface area contributed by atoms with Crippen LogP contribution in [0.1, 0.15) is 11.4 Å². The molecule has 27 heavy (non-hydrogen) atoms. The highest BCUT2D eigenvalue weighted by Crippen LogP contribution is 2.27. The van der Waals surface area contributed by atoms with Gasteiger partial charge in [-0.3, -0.25) is 4.90 Å². The smallest absolute Gasteiger partial charge is 0.217 e. The van der Waals surface area contributed by atoms with Crippen molar-refractivity contribution in [3.8, 4) is 0 Å². The van der Waals surface area contributed by atoms with Crippen molar-refractivity contribution in [2.75, 3.05) is 25.4 Å². The molecule has 2 aliphatic heterocycles. The fourth-order valence-corrected chi connectivity index (χ4v) is 5.31. The largest absolute Gasteiger partial charge is 0.374 e. The van der Waals surface area contributed by atoms with E-state index in [1.807, 2.05) is 17.8 Å². The van der Waals surface area contributed by atoms with Gasteiger partial charge in [0.25, 0.3) is 0 Å². The molecule has 0 amide bonds. The van der Waals surface area contributed by atoms with Crippen molar-refractivity contribution < 1.29 is 17.5 Å². The quantitative estimate of drug-likeness (QED) is 0.773. The van der Waals surface area contributed by atoms with Crippen LogP contribution in [0.3, 0.4) is 0 Å². The van der Waals surface area contributed by atoms with Crippen LogP contribution in [0, 0.1) is 5.82 Å². The summed E-state index contributed by atoms with van der Waals surface area (Å²) >= 11 is 0. The first-order chi connectivity index (χ1) is 12.9. The lowest BCUT2D eigenvalue weighted by molar-refractivity contribution is 0.0457. The summed E-state index contributed by atoms with van der Waals surface area (Å²) in [6.07, 6.45) is 3.44. The second-order valence-corrected chi connectivity index (χ2v) is 9.16. The predicted octanol–water partition coefficient (Wildman–Crippen LogP) is 0.974. The molecule has 0 radical (unpaired) electrons. The Labute approximate surface area is 158 Å². The highest BCUT2D eigenvalue weighted by molar-refractivity contribution is 7.89. The van der Waals surface area contributed by atoms with Crippen LogP contribution in [-0.2, 0) is 34.9 Å². The number of aryl methyl sites for hydroxylation is 1. The lowest BCUT2D eigenvalue weighted by atomic mass is 10.1. The van der Waals surface area contributed by atoms with Crippen LogP contribution in [0.4, 0.5) is 4.39 Å². The molecule has 146 valence electrons. The molecule has 7 nitrogen and oxygen atoms in total. The first-order valence-electron chi connectivity index (χ1n) is 8.96. The molecule has 2 saturated heterocycles. The van der Waals surface area contributed by atoms with Gasteiger partial charge in [-0.15, -0.1) is 0 Å². The number of benzene rings is 1. The summed E-state index contributed by atoms with van der Waals surface area (Å²) in [4.78, 5) is 6.51. The van der Waals surface area contributed by atoms with Gasteiger partial charge in [-0.05, 0) is 17.7 Å². The molecule has 1 aromatic carbocycles. The summed E-state index contributed by atoms with van der Waals surface area (Å²) < 4.78 is 48.5. The van der Waals surface area contributed by atoms with Crippen molar-refractivity contribution in [1.82, 2.24) is 18.8 Å². The first kappa shape index (κ1) is 18.5. The summed E-state index contributed by atoms with van der Waals surface area (Å²) in [5.74, 6) is 0.510. The average molecular weight is 394 g/mol. The van der Waals surface area contributed by atoms with Crippen LogP contribution >= 0.6 is 0 Å². The standard InChI is InChI=1S/C18H23FN4O3S/c1-21-6-5-20-18(21)13-22-11-16-17(12-22)26-7-8-27(24,25)23(16)10-14-3-2-4-15(19)9-14/h2-6,9,16-17H,7-8,10-13H2,1H3/t16-,17+/m1/s1. The number of nitrogens with zero attached hydrogens (tertiary/aromatic N) is 4. The Hall–Kier alpha value is -1.81. The van der Waals surface area contributed by atoms with E-state index in [0.717, 1.165) is 5.82 Å². The zero-order valence-corrected chi connectivity index (χ0v) is 16.0. The maximum atomic E-state index is 13.6. The van der Waals surface area contributed by atoms with E-state index < -0.39 is 10.0 Å². The summed E-state index contributed by atoms with van der Waals surface area (Å²) in [6, 6.07) is 5.80. The Morgan fingerprint density at radius 3 is 2.89 bits per heavy atom. The van der Waals surface area contributed by atoms with Gasteiger partial charge in [0.05, 0.1) is 31.1 Å². The maximum absolute atomic E-state index is 13.6. The van der Waals surface area contributed by atoms with Crippen LogP contribution in [0.5, 0.6) is 0 Å². The minimum atomic E-state index is -3.48. The molecule has 1 aromatic heterocycles. The molecule has 0 unspecified atom stereocenters. The minimum Gasteiger partial charge on any atom is -0.374 e. The lowest BCUT2D eigenvalue weighted by Crippen LogP contribution is -2.45. The van der Waals surface area contributed by atoms with E-state index >= 15 is 0 Å². The number of fused-ring (bicyclic) bond motifs is 1. The van der Waals surface area contributed by atoms with Gasteiger partial charge in [0.2, 0.25) is 10.0 Å². The van der Waals surface area contributed by atoms with E-state index in [0.29, 0.717) is 25.2 Å². The van der Waals surface area contributed by atoms with Gasteiger partial charge in [-0.1, -0.05) is 12.1 Å². The topological polar surface area (TPSA) is 67.7 Å². The number of rotatable bonds is 4. The van der Waals surface area contributed by atoms with Gasteiger partial charge < -0.3 is 9.30 Å². The Morgan fingerprint density at radius 1 is 1.30 bits per heavy atom. The number of hydrogen-bond donors (Lipinski definition) is 0. The summed E-state index contributed by atoms with van der Waals surface area (Å²) in [6.45, 7) is 2.17. The van der Waals surface area contributed by atoms with E-state index in [9.17, 15) is 12.8 Å². The molecule has 0 N–H and O–H groups in total. The molecule has 3 heterocycles. The van der Waals surface area contributed by atoms with Gasteiger partial charge in [0.15, 0.2) is 0 Å². The molecule has 0 bridgehead atoms. The third-order valence-corrected chi connectivity index (χ3v) is 7.02. The van der Waals surface area contributed by atoms with Gasteiger partial charge in [-0.25, -0.2) is 17.8 Å². The maximum Gasteiger partial charge on any atom is 0.217 e. The van der Waals surface area contributed by atoms with E-state index in [1.54, 1.807) is 18.3 Å². The van der Waals surface area contributed by atoms with E-state index in [1.165, 1.54) is 16.4 Å². The third kappa shape index (κ3) is 3.91. The van der Waals surface area contributed by atoms with Crippen molar-refractivity contribution >= 4 is 10.0 Å².